The van der Waals surface area contributed by atoms with E-state index in [1.54, 1.807) is 6.26 Å². The fourth-order valence-electron chi connectivity index (χ4n) is 3.42. The van der Waals surface area contributed by atoms with Crippen LogP contribution in [0.3, 0.4) is 0 Å². The van der Waals surface area contributed by atoms with Crippen LogP contribution >= 0.6 is 11.3 Å². The molecule has 146 valence electrons. The van der Waals surface area contributed by atoms with Crippen molar-refractivity contribution in [3.8, 4) is 10.8 Å². The number of carbonyl (C=O) groups excluding carboxylic acids is 1. The molecular weight excluding hydrogens is 372 g/mol. The van der Waals surface area contributed by atoms with Crippen LogP contribution in [-0.2, 0) is 13.0 Å². The number of amides is 2. The van der Waals surface area contributed by atoms with Crippen molar-refractivity contribution in [1.82, 2.24) is 20.1 Å². The third kappa shape index (κ3) is 4.43. The zero-order valence-corrected chi connectivity index (χ0v) is 16.7. The van der Waals surface area contributed by atoms with Crippen molar-refractivity contribution in [3.63, 3.8) is 0 Å². The van der Waals surface area contributed by atoms with Gasteiger partial charge in [0, 0.05) is 31.1 Å². The fourth-order valence-corrected chi connectivity index (χ4v) is 4.20. The Morgan fingerprint density at radius 1 is 1.25 bits per heavy atom. The molecule has 3 heterocycles. The minimum Gasteiger partial charge on any atom is -0.462 e. The van der Waals surface area contributed by atoms with E-state index in [-0.39, 0.29) is 6.03 Å². The van der Waals surface area contributed by atoms with Crippen molar-refractivity contribution in [1.29, 1.82) is 0 Å². The normalized spacial score (nSPS) is 17.6. The molecule has 2 aromatic heterocycles. The van der Waals surface area contributed by atoms with E-state index in [1.165, 1.54) is 16.9 Å². The molecule has 0 saturated carbocycles. The van der Waals surface area contributed by atoms with Gasteiger partial charge in [-0.25, -0.2) is 9.78 Å². The Kier molecular flexibility index (Phi) is 5.73. The molecule has 1 atom stereocenters. The van der Waals surface area contributed by atoms with Crippen molar-refractivity contribution < 1.29 is 9.21 Å². The van der Waals surface area contributed by atoms with Gasteiger partial charge < -0.3 is 14.6 Å². The van der Waals surface area contributed by atoms with Gasteiger partial charge in [0.05, 0.1) is 18.5 Å². The molecule has 0 aliphatic carbocycles. The van der Waals surface area contributed by atoms with Gasteiger partial charge in [0.15, 0.2) is 10.8 Å². The second-order valence-corrected chi connectivity index (χ2v) is 7.91. The third-order valence-electron chi connectivity index (χ3n) is 5.08. The first-order valence-corrected chi connectivity index (χ1v) is 10.3. The molecule has 4 rings (SSSR count). The first-order chi connectivity index (χ1) is 13.7. The molecule has 2 amide bonds. The van der Waals surface area contributed by atoms with Crippen LogP contribution in [-0.4, -0.2) is 53.5 Å². The second kappa shape index (κ2) is 8.58. The summed E-state index contributed by atoms with van der Waals surface area (Å²) < 4.78 is 5.37. The van der Waals surface area contributed by atoms with E-state index >= 15 is 0 Å². The highest BCUT2D eigenvalue weighted by Gasteiger charge is 2.27. The quantitative estimate of drug-likeness (QED) is 0.717. The Balaban J connectivity index is 1.32. The first kappa shape index (κ1) is 18.7. The second-order valence-electron chi connectivity index (χ2n) is 7.05. The Morgan fingerprint density at radius 3 is 2.89 bits per heavy atom. The number of piperazine rings is 1. The van der Waals surface area contributed by atoms with Gasteiger partial charge in [0.1, 0.15) is 0 Å². The number of likely N-dealkylation sites (N-methyl/N-ethyl adjacent to an activating group) is 1. The van der Waals surface area contributed by atoms with Gasteiger partial charge in [-0.05, 0) is 31.2 Å². The molecule has 1 aromatic carbocycles. The molecule has 0 radical (unpaired) electrons. The minimum atomic E-state index is -0.0290. The molecule has 6 nitrogen and oxygen atoms in total. The standard InChI is InChI=1S/C21H24N4O2S/c1-24-9-10-25(14-18(24)12-16-6-3-2-4-7-16)21(26)22-13-17-15-28-20(23-17)19-8-5-11-27-19/h2-8,11,15,18H,9-10,12-14H2,1H3,(H,22,26). The van der Waals surface area contributed by atoms with Crippen LogP contribution in [0.5, 0.6) is 0 Å². The van der Waals surface area contributed by atoms with Crippen LogP contribution in [0.2, 0.25) is 0 Å². The Hall–Kier alpha value is -2.64. The summed E-state index contributed by atoms with van der Waals surface area (Å²) in [6.07, 6.45) is 2.58. The smallest absolute Gasteiger partial charge is 0.317 e. The summed E-state index contributed by atoms with van der Waals surface area (Å²) >= 11 is 1.52. The monoisotopic (exact) mass is 396 g/mol. The molecule has 3 aromatic rings. The number of rotatable bonds is 5. The van der Waals surface area contributed by atoms with Gasteiger partial charge in [-0.15, -0.1) is 11.3 Å². The molecule has 7 heteroatoms. The van der Waals surface area contributed by atoms with Crippen molar-refractivity contribution in [2.75, 3.05) is 26.7 Å². The fraction of sp³-hybridized carbons (Fsp3) is 0.333. The minimum absolute atomic E-state index is 0.0290. The summed E-state index contributed by atoms with van der Waals surface area (Å²) in [5, 5.41) is 5.80. The predicted octanol–water partition coefficient (Wildman–Crippen LogP) is 3.47. The number of furan rings is 1. The Morgan fingerprint density at radius 2 is 2.11 bits per heavy atom. The van der Waals surface area contributed by atoms with Crippen LogP contribution in [0.25, 0.3) is 10.8 Å². The number of hydrogen-bond donors (Lipinski definition) is 1. The molecular formula is C21H24N4O2S. The summed E-state index contributed by atoms with van der Waals surface area (Å²) in [6.45, 7) is 2.77. The summed E-state index contributed by atoms with van der Waals surface area (Å²) in [5.41, 5.74) is 2.15. The number of aromatic nitrogens is 1. The summed E-state index contributed by atoms with van der Waals surface area (Å²) in [5.74, 6) is 0.755. The van der Waals surface area contributed by atoms with E-state index in [0.29, 0.717) is 12.6 Å². The largest absolute Gasteiger partial charge is 0.462 e. The van der Waals surface area contributed by atoms with Gasteiger partial charge in [-0.3, -0.25) is 4.90 Å². The number of urea groups is 1. The molecule has 1 N–H and O–H groups in total. The van der Waals surface area contributed by atoms with Crippen molar-refractivity contribution in [2.24, 2.45) is 0 Å². The zero-order valence-electron chi connectivity index (χ0n) is 15.9. The van der Waals surface area contributed by atoms with E-state index in [4.69, 9.17) is 4.42 Å². The maximum Gasteiger partial charge on any atom is 0.317 e. The van der Waals surface area contributed by atoms with E-state index in [9.17, 15) is 4.79 Å². The van der Waals surface area contributed by atoms with E-state index in [0.717, 1.165) is 42.5 Å². The molecule has 1 fully saturated rings. The van der Waals surface area contributed by atoms with Crippen LogP contribution < -0.4 is 5.32 Å². The molecule has 1 aliphatic heterocycles. The van der Waals surface area contributed by atoms with Gasteiger partial charge >= 0.3 is 6.03 Å². The SMILES string of the molecule is CN1CCN(C(=O)NCc2csc(-c3ccco3)n2)CC1Cc1ccccc1. The van der Waals surface area contributed by atoms with Gasteiger partial charge in [0.25, 0.3) is 0 Å². The van der Waals surface area contributed by atoms with Gasteiger partial charge in [-0.1, -0.05) is 30.3 Å². The van der Waals surface area contributed by atoms with E-state index in [1.807, 2.05) is 28.5 Å². The van der Waals surface area contributed by atoms with Crippen LogP contribution in [0.15, 0.2) is 58.5 Å². The maximum atomic E-state index is 12.7. The molecule has 28 heavy (non-hydrogen) atoms. The highest BCUT2D eigenvalue weighted by molar-refractivity contribution is 7.13. The number of hydrogen-bond acceptors (Lipinski definition) is 5. The predicted molar refractivity (Wildman–Crippen MR) is 110 cm³/mol. The number of nitrogens with one attached hydrogen (secondary N) is 1. The molecule has 0 bridgehead atoms. The third-order valence-corrected chi connectivity index (χ3v) is 5.99. The van der Waals surface area contributed by atoms with Crippen LogP contribution in [0.4, 0.5) is 4.79 Å². The lowest BCUT2D eigenvalue weighted by Crippen LogP contribution is -2.56. The number of thiazole rings is 1. The van der Waals surface area contributed by atoms with Gasteiger partial charge in [0.2, 0.25) is 0 Å². The zero-order chi connectivity index (χ0) is 19.3. The Bertz CT molecular complexity index is 894. The van der Waals surface area contributed by atoms with Crippen LogP contribution in [0.1, 0.15) is 11.3 Å². The number of nitrogens with zero attached hydrogens (tertiary/aromatic N) is 3. The lowest BCUT2D eigenvalue weighted by molar-refractivity contribution is 0.109. The molecule has 1 saturated heterocycles. The molecule has 1 unspecified atom stereocenters. The van der Waals surface area contributed by atoms with Crippen molar-refractivity contribution in [2.45, 2.75) is 19.0 Å². The summed E-state index contributed by atoms with van der Waals surface area (Å²) in [7, 11) is 2.13. The summed E-state index contributed by atoms with van der Waals surface area (Å²) in [4.78, 5) is 21.5. The van der Waals surface area contributed by atoms with E-state index in [2.05, 4.69) is 46.5 Å². The number of carbonyl (C=O) groups is 1. The molecule has 0 spiro atoms. The molecule has 1 aliphatic rings. The summed E-state index contributed by atoms with van der Waals surface area (Å²) in [6, 6.07) is 14.5. The Labute approximate surface area is 168 Å². The lowest BCUT2D eigenvalue weighted by atomic mass is 10.0. The van der Waals surface area contributed by atoms with E-state index < -0.39 is 0 Å². The highest BCUT2D eigenvalue weighted by Crippen LogP contribution is 2.23. The van der Waals surface area contributed by atoms with Gasteiger partial charge in [-0.2, -0.15) is 0 Å². The maximum absolute atomic E-state index is 12.7. The number of benzene rings is 1. The first-order valence-electron chi connectivity index (χ1n) is 9.44. The van der Waals surface area contributed by atoms with Crippen molar-refractivity contribution >= 4 is 17.4 Å². The highest BCUT2D eigenvalue weighted by atomic mass is 32.1. The topological polar surface area (TPSA) is 61.6 Å². The van der Waals surface area contributed by atoms with Crippen LogP contribution in [0, 0.1) is 0 Å². The average Bonchev–Trinajstić information content (AvgIpc) is 3.40. The average molecular weight is 397 g/mol. The lowest BCUT2D eigenvalue weighted by Gasteiger charge is -2.39. The van der Waals surface area contributed by atoms with Crippen molar-refractivity contribution in [3.05, 3.63) is 65.4 Å².